The number of aryl methyl sites for hydroxylation is 2. The van der Waals surface area contributed by atoms with Gasteiger partial charge in [-0.1, -0.05) is 116 Å². The van der Waals surface area contributed by atoms with Crippen molar-refractivity contribution < 1.29 is 4.42 Å². The maximum Gasteiger partial charge on any atom is 0.135 e. The fraction of sp³-hybridized carbons (Fsp3) is 0.170. The minimum atomic E-state index is 0.228. The van der Waals surface area contributed by atoms with Gasteiger partial charge in [-0.15, -0.1) is 0 Å². The highest BCUT2D eigenvalue weighted by atomic mass is 16.3. The molecular weight excluding hydrogens is 667 g/mol. The molecular formula is C53H45NO. The van der Waals surface area contributed by atoms with Gasteiger partial charge in [0.05, 0.1) is 5.52 Å². The lowest BCUT2D eigenvalue weighted by atomic mass is 9.71. The van der Waals surface area contributed by atoms with E-state index in [-0.39, 0.29) is 11.8 Å². The smallest absolute Gasteiger partial charge is 0.135 e. The number of nitrogens with zero attached hydrogens (tertiary/aromatic N) is 1. The molecule has 2 aliphatic rings. The number of benzene rings is 6. The number of hydrogen-bond acceptors (Lipinski definition) is 1. The van der Waals surface area contributed by atoms with E-state index in [2.05, 4.69) is 184 Å². The van der Waals surface area contributed by atoms with Crippen LogP contribution in [0.2, 0.25) is 0 Å². The van der Waals surface area contributed by atoms with Gasteiger partial charge in [-0.3, -0.25) is 0 Å². The van der Waals surface area contributed by atoms with Gasteiger partial charge in [0.15, 0.2) is 0 Å². The minimum absolute atomic E-state index is 0.228. The third-order valence-corrected chi connectivity index (χ3v) is 12.4. The van der Waals surface area contributed by atoms with E-state index in [4.69, 9.17) is 4.42 Å². The lowest BCUT2D eigenvalue weighted by Gasteiger charge is -2.32. The van der Waals surface area contributed by atoms with Gasteiger partial charge in [-0.25, -0.2) is 0 Å². The van der Waals surface area contributed by atoms with Crippen LogP contribution in [-0.4, -0.2) is 4.57 Å². The number of allylic oxidation sites excluding steroid dienone is 2. The third-order valence-electron chi connectivity index (χ3n) is 12.4. The molecule has 0 amide bonds. The fourth-order valence-corrected chi connectivity index (χ4v) is 9.82. The second-order valence-corrected chi connectivity index (χ2v) is 15.7. The zero-order valence-electron chi connectivity index (χ0n) is 32.1. The molecule has 0 spiro atoms. The van der Waals surface area contributed by atoms with Crippen LogP contribution in [0.4, 0.5) is 0 Å². The Morgan fingerprint density at radius 2 is 1.36 bits per heavy atom. The molecule has 0 bridgehead atoms. The van der Waals surface area contributed by atoms with Crippen LogP contribution in [0.3, 0.4) is 0 Å². The van der Waals surface area contributed by atoms with Crippen molar-refractivity contribution in [3.05, 3.63) is 184 Å². The summed E-state index contributed by atoms with van der Waals surface area (Å²) in [5, 5.41) is 2.56. The van der Waals surface area contributed by atoms with Crippen LogP contribution in [0.25, 0.3) is 73.1 Å². The zero-order chi connectivity index (χ0) is 37.2. The Kier molecular flexibility index (Phi) is 8.10. The molecule has 55 heavy (non-hydrogen) atoms. The monoisotopic (exact) mass is 711 g/mol. The summed E-state index contributed by atoms with van der Waals surface area (Å²) in [5.74, 6) is 1.46. The number of aromatic nitrogens is 1. The Morgan fingerprint density at radius 3 is 2.15 bits per heavy atom. The van der Waals surface area contributed by atoms with E-state index in [0.717, 1.165) is 30.6 Å². The summed E-state index contributed by atoms with van der Waals surface area (Å²) in [5.41, 5.74) is 20.5. The zero-order valence-corrected chi connectivity index (χ0v) is 32.1. The lowest BCUT2D eigenvalue weighted by Crippen LogP contribution is -2.17. The van der Waals surface area contributed by atoms with E-state index in [0.29, 0.717) is 0 Å². The van der Waals surface area contributed by atoms with E-state index in [1.54, 1.807) is 0 Å². The molecule has 2 aliphatic carbocycles. The topological polar surface area (TPSA) is 18.1 Å². The molecule has 0 N–H and O–H groups in total. The second-order valence-electron chi connectivity index (χ2n) is 15.7. The largest absolute Gasteiger partial charge is 0.456 e. The van der Waals surface area contributed by atoms with Crippen LogP contribution in [0.5, 0.6) is 0 Å². The first-order valence-corrected chi connectivity index (χ1v) is 19.8. The number of rotatable bonds is 5. The van der Waals surface area contributed by atoms with Gasteiger partial charge in [0.25, 0.3) is 0 Å². The molecule has 2 heteroatoms. The quantitative estimate of drug-likeness (QED) is 0.174. The van der Waals surface area contributed by atoms with Gasteiger partial charge in [-0.2, -0.15) is 0 Å². The first-order chi connectivity index (χ1) is 26.9. The van der Waals surface area contributed by atoms with E-state index in [1.807, 2.05) is 0 Å². The molecule has 2 heterocycles. The summed E-state index contributed by atoms with van der Waals surface area (Å²) in [4.78, 5) is 0. The summed E-state index contributed by atoms with van der Waals surface area (Å²) < 4.78 is 9.18. The summed E-state index contributed by atoms with van der Waals surface area (Å²) in [7, 11) is 0. The lowest BCUT2D eigenvalue weighted by molar-refractivity contribution is 0.563. The van der Waals surface area contributed by atoms with Gasteiger partial charge in [0, 0.05) is 33.6 Å². The van der Waals surface area contributed by atoms with Crippen LogP contribution in [-0.2, 0) is 6.42 Å². The van der Waals surface area contributed by atoms with Gasteiger partial charge < -0.3 is 8.98 Å². The van der Waals surface area contributed by atoms with Crippen LogP contribution >= 0.6 is 0 Å². The van der Waals surface area contributed by atoms with E-state index >= 15 is 0 Å². The molecule has 2 unspecified atom stereocenters. The molecule has 2 aromatic heterocycles. The molecule has 0 saturated carbocycles. The van der Waals surface area contributed by atoms with E-state index in [9.17, 15) is 0 Å². The first kappa shape index (κ1) is 33.4. The molecule has 0 fully saturated rings. The van der Waals surface area contributed by atoms with Crippen molar-refractivity contribution in [2.24, 2.45) is 0 Å². The van der Waals surface area contributed by atoms with Gasteiger partial charge in [-0.05, 0) is 150 Å². The van der Waals surface area contributed by atoms with Crippen molar-refractivity contribution in [1.29, 1.82) is 0 Å². The molecule has 8 aromatic rings. The van der Waals surface area contributed by atoms with Crippen LogP contribution < -0.4 is 0 Å². The Labute approximate surface area is 324 Å². The van der Waals surface area contributed by atoms with Gasteiger partial charge in [0.2, 0.25) is 0 Å². The average Bonchev–Trinajstić information content (AvgIpc) is 3.62. The highest BCUT2D eigenvalue weighted by molar-refractivity contribution is 5.95. The highest BCUT2D eigenvalue weighted by Crippen LogP contribution is 2.51. The van der Waals surface area contributed by atoms with E-state index in [1.165, 1.54) is 94.4 Å². The summed E-state index contributed by atoms with van der Waals surface area (Å²) in [6.07, 6.45) is 10.4. The van der Waals surface area contributed by atoms with E-state index < -0.39 is 0 Å². The molecule has 6 aromatic carbocycles. The van der Waals surface area contributed by atoms with Crippen LogP contribution in [0.15, 0.2) is 150 Å². The predicted molar refractivity (Wildman–Crippen MR) is 232 cm³/mol. The standard InChI is InChI=1S/C53H45NO/c1-33-23-26-43(41-20-14-19-39(30-41)37-15-8-5-9-16-37)35(3)51(33)52-34(2)29-50-53(36(52)4)46-32-42(25-28-49(46)55-50)54-47-22-13-7-12-21-44(47)45-31-40(24-27-48(45)54)38-17-10-6-11-18-38/h5-6,8-11,13-20,22-32,36,52H,7,12,21H2,1-4H3. The van der Waals surface area contributed by atoms with Crippen molar-refractivity contribution in [1.82, 2.24) is 4.57 Å². The van der Waals surface area contributed by atoms with Crippen molar-refractivity contribution in [3.8, 4) is 39.1 Å². The van der Waals surface area contributed by atoms with Crippen molar-refractivity contribution in [3.63, 3.8) is 0 Å². The maximum absolute atomic E-state index is 6.68. The SMILES string of the molecule is CC1=Cc2oc3ccc(-n4c5c(c6cc(-c7ccccc7)ccc64)CCCC=C5)cc3c2C(C)C1c1c(C)ccc(-c2cccc(-c3ccccc3)c2)c1C. The third kappa shape index (κ3) is 5.54. The predicted octanol–water partition coefficient (Wildman–Crippen LogP) is 14.6. The Balaban J connectivity index is 1.09. The molecule has 0 saturated heterocycles. The van der Waals surface area contributed by atoms with Crippen molar-refractivity contribution in [2.75, 3.05) is 0 Å². The molecule has 10 rings (SSSR count). The van der Waals surface area contributed by atoms with Gasteiger partial charge in [0.1, 0.15) is 11.3 Å². The number of hydrogen-bond donors (Lipinski definition) is 0. The summed E-state index contributed by atoms with van der Waals surface area (Å²) in [6.45, 7) is 9.32. The second kappa shape index (κ2) is 13.3. The highest BCUT2D eigenvalue weighted by Gasteiger charge is 2.34. The number of fused-ring (bicyclic) bond motifs is 6. The molecule has 2 nitrogen and oxygen atoms in total. The summed E-state index contributed by atoms with van der Waals surface area (Å²) in [6, 6.07) is 49.0. The van der Waals surface area contributed by atoms with Crippen molar-refractivity contribution in [2.45, 2.75) is 58.8 Å². The Bertz CT molecular complexity index is 2830. The van der Waals surface area contributed by atoms with Crippen LogP contribution in [0.1, 0.15) is 77.8 Å². The summed E-state index contributed by atoms with van der Waals surface area (Å²) >= 11 is 0. The fourth-order valence-electron chi connectivity index (χ4n) is 9.82. The molecule has 268 valence electrons. The van der Waals surface area contributed by atoms with Crippen LogP contribution in [0, 0.1) is 13.8 Å². The average molecular weight is 712 g/mol. The normalized spacial score (nSPS) is 16.5. The first-order valence-electron chi connectivity index (χ1n) is 19.8. The molecule has 0 aliphatic heterocycles. The minimum Gasteiger partial charge on any atom is -0.456 e. The Morgan fingerprint density at radius 1 is 0.636 bits per heavy atom. The molecule has 0 radical (unpaired) electrons. The van der Waals surface area contributed by atoms with Gasteiger partial charge >= 0.3 is 0 Å². The Hall–Kier alpha value is -6.12. The number of furan rings is 1. The van der Waals surface area contributed by atoms with Crippen molar-refractivity contribution >= 4 is 34.0 Å². The molecule has 2 atom stereocenters. The maximum atomic E-state index is 6.68.